The Hall–Kier alpha value is -3.63. The molecule has 2 heterocycles. The molecule has 0 atom stereocenters. The maximum Gasteiger partial charge on any atom is 0.254 e. The SMILES string of the molecule is N#Cc1cnc2ccc(Cl)cc2c1NCc1ccc(C(=O)N2CCNC(=O)C2)cc1. The molecule has 1 fully saturated rings. The van der Waals surface area contributed by atoms with Gasteiger partial charge in [0.15, 0.2) is 0 Å². The van der Waals surface area contributed by atoms with E-state index in [0.29, 0.717) is 41.5 Å². The number of anilines is 1. The van der Waals surface area contributed by atoms with Crippen LogP contribution < -0.4 is 10.6 Å². The number of nitrogens with zero attached hydrogens (tertiary/aromatic N) is 3. The molecule has 1 saturated heterocycles. The fourth-order valence-corrected chi connectivity index (χ4v) is 3.56. The highest BCUT2D eigenvalue weighted by molar-refractivity contribution is 6.31. The van der Waals surface area contributed by atoms with E-state index in [9.17, 15) is 14.9 Å². The molecular formula is C22H18ClN5O2. The summed E-state index contributed by atoms with van der Waals surface area (Å²) in [5.41, 5.74) is 3.32. The van der Waals surface area contributed by atoms with Crippen molar-refractivity contribution in [2.24, 2.45) is 0 Å². The topological polar surface area (TPSA) is 98.1 Å². The summed E-state index contributed by atoms with van der Waals surface area (Å²) in [6, 6.07) is 14.7. The number of fused-ring (bicyclic) bond motifs is 1. The van der Waals surface area contributed by atoms with Gasteiger partial charge in [0.25, 0.3) is 5.91 Å². The van der Waals surface area contributed by atoms with Crippen LogP contribution in [0.5, 0.6) is 0 Å². The van der Waals surface area contributed by atoms with Gasteiger partial charge in [-0.2, -0.15) is 5.26 Å². The zero-order valence-electron chi connectivity index (χ0n) is 16.0. The average molecular weight is 420 g/mol. The first-order chi connectivity index (χ1) is 14.5. The van der Waals surface area contributed by atoms with E-state index < -0.39 is 0 Å². The Morgan fingerprint density at radius 1 is 1.27 bits per heavy atom. The minimum atomic E-state index is -0.161. The van der Waals surface area contributed by atoms with Crippen LogP contribution in [0.3, 0.4) is 0 Å². The number of halogens is 1. The zero-order chi connectivity index (χ0) is 21.1. The van der Waals surface area contributed by atoms with Gasteiger partial charge in [0.1, 0.15) is 6.07 Å². The number of nitriles is 1. The molecule has 150 valence electrons. The molecule has 2 N–H and O–H groups in total. The van der Waals surface area contributed by atoms with Crippen molar-refractivity contribution in [3.8, 4) is 6.07 Å². The van der Waals surface area contributed by atoms with E-state index in [2.05, 4.69) is 21.7 Å². The molecule has 0 unspecified atom stereocenters. The Morgan fingerprint density at radius 3 is 2.80 bits per heavy atom. The molecule has 2 aromatic carbocycles. The summed E-state index contributed by atoms with van der Waals surface area (Å²) in [6.45, 7) is 1.51. The van der Waals surface area contributed by atoms with Crippen LogP contribution in [-0.4, -0.2) is 41.3 Å². The van der Waals surface area contributed by atoms with Crippen molar-refractivity contribution in [2.75, 3.05) is 25.0 Å². The smallest absolute Gasteiger partial charge is 0.254 e. The van der Waals surface area contributed by atoms with Crippen LogP contribution in [-0.2, 0) is 11.3 Å². The number of carbonyl (C=O) groups is 2. The van der Waals surface area contributed by atoms with Crippen LogP contribution in [0.15, 0.2) is 48.7 Å². The van der Waals surface area contributed by atoms with E-state index >= 15 is 0 Å². The van der Waals surface area contributed by atoms with Gasteiger partial charge in [0, 0.05) is 41.8 Å². The Labute approximate surface area is 178 Å². The zero-order valence-corrected chi connectivity index (χ0v) is 16.7. The molecule has 1 aromatic heterocycles. The number of amides is 2. The van der Waals surface area contributed by atoms with E-state index in [1.54, 1.807) is 24.3 Å². The molecule has 0 aliphatic carbocycles. The number of benzene rings is 2. The average Bonchev–Trinajstić information content (AvgIpc) is 2.77. The molecule has 0 bridgehead atoms. The highest BCUT2D eigenvalue weighted by Gasteiger charge is 2.22. The van der Waals surface area contributed by atoms with Crippen molar-refractivity contribution in [3.63, 3.8) is 0 Å². The van der Waals surface area contributed by atoms with E-state index in [0.717, 1.165) is 16.5 Å². The maximum absolute atomic E-state index is 12.6. The normalized spacial score (nSPS) is 13.6. The minimum Gasteiger partial charge on any atom is -0.379 e. The second-order valence-corrected chi connectivity index (χ2v) is 7.38. The molecule has 2 amide bonds. The van der Waals surface area contributed by atoms with Crippen LogP contribution >= 0.6 is 11.6 Å². The van der Waals surface area contributed by atoms with Gasteiger partial charge < -0.3 is 15.5 Å². The summed E-state index contributed by atoms with van der Waals surface area (Å²) in [6.07, 6.45) is 1.54. The quantitative estimate of drug-likeness (QED) is 0.677. The molecule has 0 spiro atoms. The highest BCUT2D eigenvalue weighted by Crippen LogP contribution is 2.28. The molecule has 30 heavy (non-hydrogen) atoms. The van der Waals surface area contributed by atoms with Crippen LogP contribution in [0.4, 0.5) is 5.69 Å². The van der Waals surface area contributed by atoms with Gasteiger partial charge in [0.05, 0.1) is 23.3 Å². The van der Waals surface area contributed by atoms with Crippen molar-refractivity contribution in [1.29, 1.82) is 5.26 Å². The van der Waals surface area contributed by atoms with Gasteiger partial charge in [-0.15, -0.1) is 0 Å². The lowest BCUT2D eigenvalue weighted by Gasteiger charge is -2.26. The standard InChI is InChI=1S/C22H18ClN5O2/c23-17-5-6-19-18(9-17)21(16(10-24)12-26-19)27-11-14-1-3-15(4-2-14)22(30)28-8-7-25-20(29)13-28/h1-6,9,12H,7-8,11,13H2,(H,25,29)(H,26,27). The number of hydrogen-bond donors (Lipinski definition) is 2. The second kappa shape index (κ2) is 8.39. The van der Waals surface area contributed by atoms with Gasteiger partial charge in [-0.1, -0.05) is 23.7 Å². The van der Waals surface area contributed by atoms with E-state index in [-0.39, 0.29) is 18.4 Å². The van der Waals surface area contributed by atoms with E-state index in [4.69, 9.17) is 11.6 Å². The highest BCUT2D eigenvalue weighted by atomic mass is 35.5. The summed E-state index contributed by atoms with van der Waals surface area (Å²) in [4.78, 5) is 29.9. The second-order valence-electron chi connectivity index (χ2n) is 6.95. The third-order valence-electron chi connectivity index (χ3n) is 4.95. The first-order valence-corrected chi connectivity index (χ1v) is 9.80. The lowest BCUT2D eigenvalue weighted by atomic mass is 10.1. The lowest BCUT2D eigenvalue weighted by Crippen LogP contribution is -2.49. The maximum atomic E-state index is 12.6. The lowest BCUT2D eigenvalue weighted by molar-refractivity contribution is -0.123. The molecule has 3 aromatic rings. The summed E-state index contributed by atoms with van der Waals surface area (Å²) < 4.78 is 0. The Balaban J connectivity index is 1.51. The number of carbonyl (C=O) groups excluding carboxylic acids is 2. The Morgan fingerprint density at radius 2 is 2.07 bits per heavy atom. The van der Waals surface area contributed by atoms with Gasteiger partial charge >= 0.3 is 0 Å². The summed E-state index contributed by atoms with van der Waals surface area (Å²) in [5, 5.41) is 16.8. The summed E-state index contributed by atoms with van der Waals surface area (Å²) in [5.74, 6) is -0.306. The number of rotatable bonds is 4. The molecule has 4 rings (SSSR count). The van der Waals surface area contributed by atoms with Crippen molar-refractivity contribution >= 4 is 40.0 Å². The fraction of sp³-hybridized carbons (Fsp3) is 0.182. The van der Waals surface area contributed by atoms with Crippen molar-refractivity contribution in [1.82, 2.24) is 15.2 Å². The third kappa shape index (κ3) is 4.04. The number of piperazine rings is 1. The van der Waals surface area contributed by atoms with Gasteiger partial charge in [0.2, 0.25) is 5.91 Å². The third-order valence-corrected chi connectivity index (χ3v) is 5.18. The molecule has 1 aliphatic rings. The van der Waals surface area contributed by atoms with Crippen LogP contribution in [0.25, 0.3) is 10.9 Å². The van der Waals surface area contributed by atoms with Crippen molar-refractivity contribution in [2.45, 2.75) is 6.54 Å². The molecule has 0 saturated carbocycles. The largest absolute Gasteiger partial charge is 0.379 e. The molecule has 0 radical (unpaired) electrons. The van der Waals surface area contributed by atoms with Gasteiger partial charge in [-0.05, 0) is 35.9 Å². The van der Waals surface area contributed by atoms with Gasteiger partial charge in [-0.25, -0.2) is 0 Å². The monoisotopic (exact) mass is 419 g/mol. The first-order valence-electron chi connectivity index (χ1n) is 9.42. The van der Waals surface area contributed by atoms with E-state index in [1.165, 1.54) is 11.1 Å². The van der Waals surface area contributed by atoms with Crippen LogP contribution in [0, 0.1) is 11.3 Å². The van der Waals surface area contributed by atoms with Gasteiger partial charge in [-0.3, -0.25) is 14.6 Å². The Kier molecular flexibility index (Phi) is 5.50. The summed E-state index contributed by atoms with van der Waals surface area (Å²) in [7, 11) is 0. The van der Waals surface area contributed by atoms with E-state index in [1.807, 2.05) is 18.2 Å². The summed E-state index contributed by atoms with van der Waals surface area (Å²) >= 11 is 6.12. The molecule has 1 aliphatic heterocycles. The number of nitrogens with one attached hydrogen (secondary N) is 2. The predicted molar refractivity (Wildman–Crippen MR) is 114 cm³/mol. The van der Waals surface area contributed by atoms with Crippen LogP contribution in [0.2, 0.25) is 5.02 Å². The Bertz CT molecular complexity index is 1170. The molecule has 8 heteroatoms. The number of pyridine rings is 1. The fourth-order valence-electron chi connectivity index (χ4n) is 3.39. The predicted octanol–water partition coefficient (Wildman–Crippen LogP) is 2.94. The molecule has 7 nitrogen and oxygen atoms in total. The number of hydrogen-bond acceptors (Lipinski definition) is 5. The van der Waals surface area contributed by atoms with Crippen molar-refractivity contribution in [3.05, 3.63) is 70.4 Å². The van der Waals surface area contributed by atoms with Crippen molar-refractivity contribution < 1.29 is 9.59 Å². The number of aromatic nitrogens is 1. The minimum absolute atomic E-state index is 0.0801. The first kappa shape index (κ1) is 19.7. The molecular weight excluding hydrogens is 402 g/mol. The van der Waals surface area contributed by atoms with Crippen LogP contribution in [0.1, 0.15) is 21.5 Å².